The number of aromatic nitrogens is 2. The predicted octanol–water partition coefficient (Wildman–Crippen LogP) is 4.49. The van der Waals surface area contributed by atoms with Crippen LogP contribution in [-0.4, -0.2) is 39.6 Å². The minimum absolute atomic E-state index is 0.0392. The highest BCUT2D eigenvalue weighted by atomic mass is 16.3. The number of hydrogen-bond donors (Lipinski definition) is 3. The second kappa shape index (κ2) is 10.4. The molecular formula is C26H29N3O3. The number of aromatic amines is 1. The van der Waals surface area contributed by atoms with Gasteiger partial charge in [0.05, 0.1) is 6.20 Å². The summed E-state index contributed by atoms with van der Waals surface area (Å²) in [6.45, 7) is -0.0690. The van der Waals surface area contributed by atoms with Gasteiger partial charge in [0.2, 0.25) is 0 Å². The van der Waals surface area contributed by atoms with Crippen LogP contribution in [0.1, 0.15) is 70.7 Å². The van der Waals surface area contributed by atoms with Gasteiger partial charge in [-0.05, 0) is 42.5 Å². The molecule has 1 fully saturated rings. The molecule has 1 amide bonds. The Balaban J connectivity index is 1.36. The fraction of sp³-hybridized carbons (Fsp3) is 0.346. The Labute approximate surface area is 188 Å². The summed E-state index contributed by atoms with van der Waals surface area (Å²) in [7, 11) is 0. The average molecular weight is 432 g/mol. The number of ketones is 1. The van der Waals surface area contributed by atoms with E-state index in [-0.39, 0.29) is 30.3 Å². The first-order chi connectivity index (χ1) is 15.6. The number of carbonyl (C=O) groups excluding carboxylic acids is 2. The summed E-state index contributed by atoms with van der Waals surface area (Å²) in [5.41, 5.74) is 4.11. The largest absolute Gasteiger partial charge is 0.396 e. The van der Waals surface area contributed by atoms with E-state index in [4.69, 9.17) is 0 Å². The van der Waals surface area contributed by atoms with Gasteiger partial charge in [0.25, 0.3) is 5.91 Å². The number of rotatable bonds is 9. The van der Waals surface area contributed by atoms with Crippen molar-refractivity contribution >= 4 is 11.7 Å². The van der Waals surface area contributed by atoms with E-state index in [0.717, 1.165) is 42.4 Å². The van der Waals surface area contributed by atoms with Gasteiger partial charge in [0.15, 0.2) is 5.78 Å². The molecule has 1 aliphatic carbocycles. The van der Waals surface area contributed by atoms with E-state index in [2.05, 4.69) is 15.5 Å². The lowest BCUT2D eigenvalue weighted by Gasteiger charge is -2.16. The number of aliphatic hydroxyl groups excluding tert-OH is 1. The van der Waals surface area contributed by atoms with Crippen LogP contribution in [0.5, 0.6) is 0 Å². The van der Waals surface area contributed by atoms with Crippen LogP contribution in [0.25, 0.3) is 11.1 Å². The molecule has 1 saturated carbocycles. The second-order valence-electron chi connectivity index (χ2n) is 8.49. The third-order valence-corrected chi connectivity index (χ3v) is 6.29. The first-order valence-corrected chi connectivity index (χ1v) is 11.3. The van der Waals surface area contributed by atoms with E-state index in [0.29, 0.717) is 24.0 Å². The highest BCUT2D eigenvalue weighted by Crippen LogP contribution is 2.25. The first kappa shape index (κ1) is 22.0. The molecule has 1 atom stereocenters. The fourth-order valence-electron chi connectivity index (χ4n) is 4.34. The number of nitrogens with zero attached hydrogens (tertiary/aromatic N) is 1. The van der Waals surface area contributed by atoms with E-state index in [1.165, 1.54) is 0 Å². The summed E-state index contributed by atoms with van der Waals surface area (Å²) < 4.78 is 0. The Bertz CT molecular complexity index is 1040. The Hall–Kier alpha value is -3.25. The molecule has 0 unspecified atom stereocenters. The quantitative estimate of drug-likeness (QED) is 0.435. The van der Waals surface area contributed by atoms with E-state index in [1.807, 2.05) is 48.7 Å². The molecule has 0 spiro atoms. The lowest BCUT2D eigenvalue weighted by atomic mass is 9.91. The molecule has 2 aromatic carbocycles. The maximum absolute atomic E-state index is 12.7. The van der Waals surface area contributed by atoms with Crippen LogP contribution in [0, 0.1) is 0 Å². The number of carbonyl (C=O) groups is 2. The van der Waals surface area contributed by atoms with Crippen molar-refractivity contribution in [2.24, 2.45) is 0 Å². The first-order valence-electron chi connectivity index (χ1n) is 11.3. The van der Waals surface area contributed by atoms with Crippen LogP contribution in [-0.2, 0) is 0 Å². The van der Waals surface area contributed by atoms with Gasteiger partial charge < -0.3 is 10.4 Å². The molecule has 4 rings (SSSR count). The van der Waals surface area contributed by atoms with Crippen LogP contribution >= 0.6 is 0 Å². The van der Waals surface area contributed by atoms with Crippen LogP contribution in [0.2, 0.25) is 0 Å². The summed E-state index contributed by atoms with van der Waals surface area (Å²) >= 11 is 0. The molecule has 1 heterocycles. The third kappa shape index (κ3) is 5.32. The molecule has 3 aromatic rings. The van der Waals surface area contributed by atoms with Gasteiger partial charge in [-0.1, -0.05) is 49.2 Å². The van der Waals surface area contributed by atoms with Gasteiger partial charge >= 0.3 is 0 Å². The SMILES string of the molecule is O=C(CC[C@H](CO)c1cccc(C(=O)NC2CCCC2)c1)c1ccc(-c2cn[nH]c2)cc1. The zero-order chi connectivity index (χ0) is 22.3. The van der Waals surface area contributed by atoms with E-state index >= 15 is 0 Å². The maximum Gasteiger partial charge on any atom is 0.251 e. The molecule has 0 saturated heterocycles. The molecule has 166 valence electrons. The third-order valence-electron chi connectivity index (χ3n) is 6.29. The number of H-pyrrole nitrogens is 1. The summed E-state index contributed by atoms with van der Waals surface area (Å²) in [5.74, 6) is -0.218. The lowest BCUT2D eigenvalue weighted by Crippen LogP contribution is -2.32. The molecule has 32 heavy (non-hydrogen) atoms. The topological polar surface area (TPSA) is 95.1 Å². The standard InChI is InChI=1S/C26H29N3O3/c30-17-22(20-4-3-5-21(14-20)26(32)29-24-6-1-2-7-24)12-13-25(31)19-10-8-18(9-11-19)23-15-27-28-16-23/h3-5,8-11,14-16,22,24,30H,1-2,6-7,12-13,17H2,(H,27,28)(H,29,32)/t22-/m1/s1. The van der Waals surface area contributed by atoms with Crippen molar-refractivity contribution in [2.45, 2.75) is 50.5 Å². The lowest BCUT2D eigenvalue weighted by molar-refractivity contribution is 0.0935. The molecule has 0 radical (unpaired) electrons. The molecule has 1 aromatic heterocycles. The monoisotopic (exact) mass is 431 g/mol. The number of Topliss-reactive ketones (excluding diaryl/α,β-unsaturated/α-hetero) is 1. The van der Waals surface area contributed by atoms with E-state index in [1.54, 1.807) is 12.3 Å². The molecule has 3 N–H and O–H groups in total. The van der Waals surface area contributed by atoms with Crippen molar-refractivity contribution < 1.29 is 14.7 Å². The second-order valence-corrected chi connectivity index (χ2v) is 8.49. The summed E-state index contributed by atoms with van der Waals surface area (Å²) in [5, 5.41) is 19.8. The van der Waals surface area contributed by atoms with Crippen molar-refractivity contribution in [1.82, 2.24) is 15.5 Å². The number of benzene rings is 2. The molecule has 1 aliphatic rings. The highest BCUT2D eigenvalue weighted by Gasteiger charge is 2.19. The normalized spacial score (nSPS) is 14.9. The Morgan fingerprint density at radius 2 is 1.84 bits per heavy atom. The van der Waals surface area contributed by atoms with Gasteiger partial charge in [-0.3, -0.25) is 14.7 Å². The van der Waals surface area contributed by atoms with Crippen molar-refractivity contribution in [3.8, 4) is 11.1 Å². The predicted molar refractivity (Wildman–Crippen MR) is 124 cm³/mol. The van der Waals surface area contributed by atoms with Crippen LogP contribution in [0.15, 0.2) is 60.9 Å². The zero-order valence-electron chi connectivity index (χ0n) is 18.1. The van der Waals surface area contributed by atoms with Crippen molar-refractivity contribution in [2.75, 3.05) is 6.61 Å². The Kier molecular flexibility index (Phi) is 7.12. The van der Waals surface area contributed by atoms with Gasteiger partial charge in [-0.25, -0.2) is 0 Å². The highest BCUT2D eigenvalue weighted by molar-refractivity contribution is 5.96. The van der Waals surface area contributed by atoms with Gasteiger partial charge in [0.1, 0.15) is 0 Å². The summed E-state index contributed by atoms with van der Waals surface area (Å²) in [6, 6.07) is 15.1. The van der Waals surface area contributed by atoms with E-state index in [9.17, 15) is 14.7 Å². The van der Waals surface area contributed by atoms with Gasteiger partial charge in [-0.15, -0.1) is 0 Å². The van der Waals surface area contributed by atoms with Crippen LogP contribution < -0.4 is 5.32 Å². The zero-order valence-corrected chi connectivity index (χ0v) is 18.1. The van der Waals surface area contributed by atoms with Gasteiger partial charge in [0, 0.05) is 47.9 Å². The maximum atomic E-state index is 12.7. The van der Waals surface area contributed by atoms with Crippen molar-refractivity contribution in [3.63, 3.8) is 0 Å². The Morgan fingerprint density at radius 3 is 2.53 bits per heavy atom. The molecule has 0 bridgehead atoms. The minimum atomic E-state index is -0.191. The molecule has 6 nitrogen and oxygen atoms in total. The minimum Gasteiger partial charge on any atom is -0.396 e. The summed E-state index contributed by atoms with van der Waals surface area (Å²) in [4.78, 5) is 25.3. The van der Waals surface area contributed by atoms with Gasteiger partial charge in [-0.2, -0.15) is 5.10 Å². The molecular weight excluding hydrogens is 402 g/mol. The smallest absolute Gasteiger partial charge is 0.251 e. The molecule has 6 heteroatoms. The fourth-order valence-corrected chi connectivity index (χ4v) is 4.34. The Morgan fingerprint density at radius 1 is 1.06 bits per heavy atom. The van der Waals surface area contributed by atoms with Crippen LogP contribution in [0.3, 0.4) is 0 Å². The molecule has 0 aliphatic heterocycles. The summed E-state index contributed by atoms with van der Waals surface area (Å²) in [6.07, 6.45) is 8.80. The number of nitrogens with one attached hydrogen (secondary N) is 2. The van der Waals surface area contributed by atoms with Crippen LogP contribution in [0.4, 0.5) is 0 Å². The van der Waals surface area contributed by atoms with Crippen molar-refractivity contribution in [1.29, 1.82) is 0 Å². The number of amides is 1. The van der Waals surface area contributed by atoms with E-state index < -0.39 is 0 Å². The average Bonchev–Trinajstić information content (AvgIpc) is 3.54. The number of hydrogen-bond acceptors (Lipinski definition) is 4. The number of aliphatic hydroxyl groups is 1. The van der Waals surface area contributed by atoms with Crippen molar-refractivity contribution in [3.05, 3.63) is 77.6 Å².